The molecular formula is C8H10. The SMILES string of the molecule is CC1C2C=C=CCC12. The summed E-state index contributed by atoms with van der Waals surface area (Å²) in [6, 6.07) is 0. The molecule has 0 saturated heterocycles. The van der Waals surface area contributed by atoms with E-state index in [1.165, 1.54) is 6.42 Å². The van der Waals surface area contributed by atoms with Crippen molar-refractivity contribution in [2.75, 3.05) is 0 Å². The molecule has 42 valence electrons. The number of rotatable bonds is 0. The first kappa shape index (κ1) is 4.40. The highest BCUT2D eigenvalue weighted by atomic mass is 14.5. The normalized spacial score (nSPS) is 48.9. The van der Waals surface area contributed by atoms with Gasteiger partial charge in [-0.05, 0) is 36.3 Å². The number of allylic oxidation sites excluding steroid dienone is 1. The Morgan fingerprint density at radius 3 is 3.00 bits per heavy atom. The Morgan fingerprint density at radius 1 is 1.62 bits per heavy atom. The molecule has 0 aliphatic heterocycles. The van der Waals surface area contributed by atoms with Crippen LogP contribution >= 0.6 is 0 Å². The van der Waals surface area contributed by atoms with Crippen LogP contribution in [-0.2, 0) is 0 Å². The van der Waals surface area contributed by atoms with E-state index in [4.69, 9.17) is 0 Å². The zero-order chi connectivity index (χ0) is 5.56. The summed E-state index contributed by atoms with van der Waals surface area (Å²) >= 11 is 0. The molecule has 3 unspecified atom stereocenters. The largest absolute Gasteiger partial charge is 0.129 e. The maximum absolute atomic E-state index is 3.16. The molecule has 8 heavy (non-hydrogen) atoms. The summed E-state index contributed by atoms with van der Waals surface area (Å²) < 4.78 is 0. The molecular weight excluding hydrogens is 96.1 g/mol. The summed E-state index contributed by atoms with van der Waals surface area (Å²) in [6.07, 6.45) is 5.66. The van der Waals surface area contributed by atoms with Crippen LogP contribution in [0.4, 0.5) is 0 Å². The molecule has 0 spiro atoms. The van der Waals surface area contributed by atoms with E-state index >= 15 is 0 Å². The van der Waals surface area contributed by atoms with Gasteiger partial charge < -0.3 is 0 Å². The Hall–Kier alpha value is -0.480. The highest BCUT2D eigenvalue weighted by molar-refractivity contribution is 5.12. The van der Waals surface area contributed by atoms with Crippen LogP contribution in [0.25, 0.3) is 0 Å². The lowest BCUT2D eigenvalue weighted by molar-refractivity contribution is 0.757. The first-order valence-electron chi connectivity index (χ1n) is 3.30. The van der Waals surface area contributed by atoms with Crippen LogP contribution in [0.5, 0.6) is 0 Å². The minimum Gasteiger partial charge on any atom is -0.129 e. The van der Waals surface area contributed by atoms with Crippen molar-refractivity contribution in [3.05, 3.63) is 17.9 Å². The van der Waals surface area contributed by atoms with E-state index in [0.717, 1.165) is 17.8 Å². The molecule has 2 aliphatic rings. The molecule has 0 nitrogen and oxygen atoms in total. The van der Waals surface area contributed by atoms with Crippen LogP contribution in [0.2, 0.25) is 0 Å². The third-order valence-electron chi connectivity index (χ3n) is 2.43. The maximum atomic E-state index is 3.16. The molecule has 0 aromatic rings. The van der Waals surface area contributed by atoms with Crippen LogP contribution in [-0.4, -0.2) is 0 Å². The van der Waals surface area contributed by atoms with Gasteiger partial charge in [0.15, 0.2) is 0 Å². The average molecular weight is 106 g/mol. The molecule has 0 radical (unpaired) electrons. The van der Waals surface area contributed by atoms with E-state index in [1.54, 1.807) is 0 Å². The van der Waals surface area contributed by atoms with E-state index < -0.39 is 0 Å². The van der Waals surface area contributed by atoms with Crippen molar-refractivity contribution >= 4 is 0 Å². The third kappa shape index (κ3) is 0.413. The lowest BCUT2D eigenvalue weighted by Crippen LogP contribution is -1.77. The third-order valence-corrected chi connectivity index (χ3v) is 2.43. The fourth-order valence-electron chi connectivity index (χ4n) is 1.61. The second-order valence-electron chi connectivity index (χ2n) is 2.87. The summed E-state index contributed by atoms with van der Waals surface area (Å²) in [4.78, 5) is 0. The van der Waals surface area contributed by atoms with Crippen LogP contribution in [0.15, 0.2) is 17.9 Å². The van der Waals surface area contributed by atoms with Crippen molar-refractivity contribution in [2.24, 2.45) is 17.8 Å². The molecule has 0 heteroatoms. The van der Waals surface area contributed by atoms with E-state index in [1.807, 2.05) is 0 Å². The molecule has 0 amide bonds. The molecule has 0 aromatic carbocycles. The van der Waals surface area contributed by atoms with Crippen LogP contribution < -0.4 is 0 Å². The maximum Gasteiger partial charge on any atom is -0.00946 e. The Labute approximate surface area is 49.9 Å². The van der Waals surface area contributed by atoms with Gasteiger partial charge in [0.05, 0.1) is 0 Å². The van der Waals surface area contributed by atoms with E-state index in [2.05, 4.69) is 24.8 Å². The van der Waals surface area contributed by atoms with Crippen molar-refractivity contribution in [1.82, 2.24) is 0 Å². The monoisotopic (exact) mass is 106 g/mol. The molecule has 0 aromatic heterocycles. The lowest BCUT2D eigenvalue weighted by atomic mass is 10.2. The highest BCUT2D eigenvalue weighted by Gasteiger charge is 2.44. The minimum atomic E-state index is 0.903. The number of hydrogen-bond acceptors (Lipinski definition) is 0. The van der Waals surface area contributed by atoms with Gasteiger partial charge in [0.2, 0.25) is 0 Å². The minimum absolute atomic E-state index is 0.903. The molecule has 1 fully saturated rings. The Kier molecular flexibility index (Phi) is 0.698. The zero-order valence-corrected chi connectivity index (χ0v) is 5.09. The van der Waals surface area contributed by atoms with Gasteiger partial charge in [-0.3, -0.25) is 0 Å². The molecule has 2 rings (SSSR count). The van der Waals surface area contributed by atoms with E-state index in [-0.39, 0.29) is 0 Å². The molecule has 1 saturated carbocycles. The van der Waals surface area contributed by atoms with Gasteiger partial charge in [0, 0.05) is 0 Å². The summed E-state index contributed by atoms with van der Waals surface area (Å²) in [6.45, 7) is 2.33. The van der Waals surface area contributed by atoms with Crippen LogP contribution in [0.1, 0.15) is 13.3 Å². The Morgan fingerprint density at radius 2 is 2.50 bits per heavy atom. The first-order valence-corrected chi connectivity index (χ1v) is 3.30. The summed E-state index contributed by atoms with van der Waals surface area (Å²) in [5.74, 6) is 2.86. The van der Waals surface area contributed by atoms with Crippen LogP contribution in [0.3, 0.4) is 0 Å². The van der Waals surface area contributed by atoms with Crippen molar-refractivity contribution in [1.29, 1.82) is 0 Å². The molecule has 0 N–H and O–H groups in total. The predicted octanol–water partition coefficient (Wildman–Crippen LogP) is 1.98. The molecule has 0 heterocycles. The first-order chi connectivity index (χ1) is 3.89. The molecule has 3 atom stereocenters. The second kappa shape index (κ2) is 1.27. The quantitative estimate of drug-likeness (QED) is 0.414. The Balaban J connectivity index is 2.22. The topological polar surface area (TPSA) is 0 Å². The standard InChI is InChI=1S/C8H10/c1-6-7-4-2-3-5-8(6)7/h2,5-8H,4H2,1H3. The Bertz CT molecular complexity index is 161. The highest BCUT2D eigenvalue weighted by Crippen LogP contribution is 2.50. The van der Waals surface area contributed by atoms with Gasteiger partial charge in [-0.1, -0.05) is 6.92 Å². The van der Waals surface area contributed by atoms with E-state index in [9.17, 15) is 0 Å². The van der Waals surface area contributed by atoms with Crippen molar-refractivity contribution < 1.29 is 0 Å². The summed E-state index contributed by atoms with van der Waals surface area (Å²) in [7, 11) is 0. The fourth-order valence-corrected chi connectivity index (χ4v) is 1.61. The van der Waals surface area contributed by atoms with Gasteiger partial charge in [0.25, 0.3) is 0 Å². The molecule has 2 aliphatic carbocycles. The van der Waals surface area contributed by atoms with Crippen molar-refractivity contribution in [2.45, 2.75) is 13.3 Å². The summed E-state index contributed by atoms with van der Waals surface area (Å²) in [5, 5.41) is 0. The number of hydrogen-bond donors (Lipinski definition) is 0. The lowest BCUT2D eigenvalue weighted by Gasteiger charge is -1.88. The fraction of sp³-hybridized carbons (Fsp3) is 0.625. The van der Waals surface area contributed by atoms with Crippen LogP contribution in [0, 0.1) is 17.8 Å². The van der Waals surface area contributed by atoms with E-state index in [0.29, 0.717) is 0 Å². The van der Waals surface area contributed by atoms with Gasteiger partial charge in [-0.2, -0.15) is 0 Å². The second-order valence-corrected chi connectivity index (χ2v) is 2.87. The predicted molar refractivity (Wildman–Crippen MR) is 33.4 cm³/mol. The smallest absolute Gasteiger partial charge is 0.00946 e. The molecule has 0 bridgehead atoms. The average Bonchev–Trinajstić information content (AvgIpc) is 2.46. The number of fused-ring (bicyclic) bond motifs is 1. The van der Waals surface area contributed by atoms with Gasteiger partial charge in [-0.15, -0.1) is 5.73 Å². The van der Waals surface area contributed by atoms with Gasteiger partial charge in [-0.25, -0.2) is 0 Å². The van der Waals surface area contributed by atoms with Crippen molar-refractivity contribution in [3.63, 3.8) is 0 Å². The van der Waals surface area contributed by atoms with Gasteiger partial charge in [0.1, 0.15) is 0 Å². The zero-order valence-electron chi connectivity index (χ0n) is 5.09. The van der Waals surface area contributed by atoms with Crippen molar-refractivity contribution in [3.8, 4) is 0 Å². The summed E-state index contributed by atoms with van der Waals surface area (Å²) in [5.41, 5.74) is 3.16. The van der Waals surface area contributed by atoms with Gasteiger partial charge >= 0.3 is 0 Å².